The normalized spacial score (nSPS) is 9.87. The average Bonchev–Trinajstić information content (AvgIpc) is 2.13. The number of nitro benzene ring substituents is 1. The molecule has 0 unspecified atom stereocenters. The van der Waals surface area contributed by atoms with Gasteiger partial charge in [-0.15, -0.1) is 0 Å². The molecule has 0 atom stereocenters. The summed E-state index contributed by atoms with van der Waals surface area (Å²) in [6.45, 7) is 0. The van der Waals surface area contributed by atoms with Gasteiger partial charge in [0.2, 0.25) is 0 Å². The molecule has 0 fully saturated rings. The lowest BCUT2D eigenvalue weighted by molar-refractivity contribution is -0.384. The molecule has 0 radical (unpaired) electrons. The zero-order chi connectivity index (χ0) is 11.4. The number of aryl methyl sites for hydroxylation is 1. The van der Waals surface area contributed by atoms with E-state index >= 15 is 0 Å². The number of nitro groups is 1. The van der Waals surface area contributed by atoms with E-state index in [2.05, 4.69) is 0 Å². The molecule has 1 aromatic rings. The molecule has 80 valence electrons. The maximum absolute atomic E-state index is 10.5. The largest absolute Gasteiger partial charge is 0.481 e. The van der Waals surface area contributed by atoms with Crippen molar-refractivity contribution in [2.75, 3.05) is 5.73 Å². The molecule has 0 aliphatic heterocycles. The molecular weight excluding hydrogens is 200 g/mol. The molecule has 0 aromatic heterocycles. The van der Waals surface area contributed by atoms with Gasteiger partial charge < -0.3 is 10.8 Å². The van der Waals surface area contributed by atoms with Gasteiger partial charge in [-0.05, 0) is 18.1 Å². The number of nitrogen functional groups attached to an aromatic ring is 1. The number of anilines is 1. The average molecular weight is 210 g/mol. The van der Waals surface area contributed by atoms with Crippen LogP contribution in [-0.2, 0) is 11.2 Å². The predicted octanol–water partition coefficient (Wildman–Crippen LogP) is 1.19. The van der Waals surface area contributed by atoms with Crippen molar-refractivity contribution in [3.63, 3.8) is 0 Å². The fourth-order valence-corrected chi connectivity index (χ4v) is 1.20. The molecule has 6 nitrogen and oxygen atoms in total. The monoisotopic (exact) mass is 210 g/mol. The first-order valence-corrected chi connectivity index (χ1v) is 4.24. The SMILES string of the molecule is Nc1cc(CCC(=O)O)cc([N+](=O)[O-])c1. The zero-order valence-corrected chi connectivity index (χ0v) is 7.84. The smallest absolute Gasteiger partial charge is 0.303 e. The number of carbonyl (C=O) groups is 1. The van der Waals surface area contributed by atoms with Crippen LogP contribution in [0.5, 0.6) is 0 Å². The quantitative estimate of drug-likeness (QED) is 0.441. The van der Waals surface area contributed by atoms with E-state index in [1.54, 1.807) is 0 Å². The van der Waals surface area contributed by atoms with Gasteiger partial charge in [-0.2, -0.15) is 0 Å². The van der Waals surface area contributed by atoms with Gasteiger partial charge >= 0.3 is 5.97 Å². The van der Waals surface area contributed by atoms with Crippen LogP contribution in [0.4, 0.5) is 11.4 Å². The van der Waals surface area contributed by atoms with Crippen LogP contribution in [0.2, 0.25) is 0 Å². The Morgan fingerprint density at radius 3 is 2.67 bits per heavy atom. The lowest BCUT2D eigenvalue weighted by Gasteiger charge is -2.01. The van der Waals surface area contributed by atoms with Gasteiger partial charge in [0.15, 0.2) is 0 Å². The van der Waals surface area contributed by atoms with Crippen molar-refractivity contribution < 1.29 is 14.8 Å². The molecule has 0 bridgehead atoms. The topological polar surface area (TPSA) is 106 Å². The van der Waals surface area contributed by atoms with Gasteiger partial charge in [-0.3, -0.25) is 14.9 Å². The summed E-state index contributed by atoms with van der Waals surface area (Å²) in [5.74, 6) is -0.944. The van der Waals surface area contributed by atoms with E-state index in [1.807, 2.05) is 0 Å². The molecule has 0 aliphatic carbocycles. The Morgan fingerprint density at radius 2 is 2.13 bits per heavy atom. The summed E-state index contributed by atoms with van der Waals surface area (Å²) in [7, 11) is 0. The first-order chi connectivity index (χ1) is 6.99. The van der Waals surface area contributed by atoms with Gasteiger partial charge in [0.25, 0.3) is 5.69 Å². The van der Waals surface area contributed by atoms with Crippen molar-refractivity contribution in [3.05, 3.63) is 33.9 Å². The summed E-state index contributed by atoms with van der Waals surface area (Å²) < 4.78 is 0. The van der Waals surface area contributed by atoms with E-state index in [0.29, 0.717) is 5.56 Å². The molecule has 0 aliphatic rings. The van der Waals surface area contributed by atoms with Gasteiger partial charge in [0, 0.05) is 24.2 Å². The second kappa shape index (κ2) is 4.41. The Kier molecular flexibility index (Phi) is 3.22. The summed E-state index contributed by atoms with van der Waals surface area (Å²) in [6, 6.07) is 4.11. The fraction of sp³-hybridized carbons (Fsp3) is 0.222. The van der Waals surface area contributed by atoms with Gasteiger partial charge in [0.05, 0.1) is 4.92 Å². The number of carboxylic acids is 1. The Morgan fingerprint density at radius 1 is 1.47 bits per heavy atom. The Balaban J connectivity index is 2.88. The molecule has 0 spiro atoms. The Hall–Kier alpha value is -2.11. The number of nitrogens with two attached hydrogens (primary N) is 1. The highest BCUT2D eigenvalue weighted by Crippen LogP contribution is 2.19. The molecule has 0 amide bonds. The van der Waals surface area contributed by atoms with E-state index < -0.39 is 10.9 Å². The fourth-order valence-electron chi connectivity index (χ4n) is 1.20. The molecule has 0 heterocycles. The van der Waals surface area contributed by atoms with Crippen LogP contribution < -0.4 is 5.73 Å². The minimum Gasteiger partial charge on any atom is -0.481 e. The summed E-state index contributed by atoms with van der Waals surface area (Å²) in [5, 5.41) is 18.9. The van der Waals surface area contributed by atoms with Crippen molar-refractivity contribution in [2.24, 2.45) is 0 Å². The molecule has 3 N–H and O–H groups in total. The molecular formula is C9H10N2O4. The number of non-ortho nitro benzene ring substituents is 1. The van der Waals surface area contributed by atoms with Crippen LogP contribution in [0.3, 0.4) is 0 Å². The van der Waals surface area contributed by atoms with Crippen LogP contribution in [0.1, 0.15) is 12.0 Å². The summed E-state index contributed by atoms with van der Waals surface area (Å²) in [4.78, 5) is 20.2. The Bertz CT molecular complexity index is 403. The predicted molar refractivity (Wildman–Crippen MR) is 53.5 cm³/mol. The van der Waals surface area contributed by atoms with E-state index in [1.165, 1.54) is 18.2 Å². The van der Waals surface area contributed by atoms with E-state index in [9.17, 15) is 14.9 Å². The van der Waals surface area contributed by atoms with Crippen molar-refractivity contribution in [3.8, 4) is 0 Å². The first-order valence-electron chi connectivity index (χ1n) is 4.24. The highest BCUT2D eigenvalue weighted by Gasteiger charge is 2.09. The van der Waals surface area contributed by atoms with Crippen LogP contribution in [0.15, 0.2) is 18.2 Å². The third-order valence-corrected chi connectivity index (χ3v) is 1.84. The Labute approximate surface area is 85.5 Å². The maximum atomic E-state index is 10.5. The summed E-state index contributed by atoms with van der Waals surface area (Å²) in [5.41, 5.74) is 6.16. The second-order valence-corrected chi connectivity index (χ2v) is 3.08. The third-order valence-electron chi connectivity index (χ3n) is 1.84. The van der Waals surface area contributed by atoms with Crippen molar-refractivity contribution >= 4 is 17.3 Å². The highest BCUT2D eigenvalue weighted by molar-refractivity contribution is 5.67. The van der Waals surface area contributed by atoms with E-state index in [0.717, 1.165) is 0 Å². The number of nitrogens with zero attached hydrogens (tertiary/aromatic N) is 1. The number of hydrogen-bond acceptors (Lipinski definition) is 4. The zero-order valence-electron chi connectivity index (χ0n) is 7.84. The number of benzene rings is 1. The minimum absolute atomic E-state index is 0.0688. The van der Waals surface area contributed by atoms with Crippen LogP contribution in [0, 0.1) is 10.1 Å². The maximum Gasteiger partial charge on any atom is 0.303 e. The number of hydrogen-bond donors (Lipinski definition) is 2. The van der Waals surface area contributed by atoms with E-state index in [-0.39, 0.29) is 24.2 Å². The molecule has 15 heavy (non-hydrogen) atoms. The van der Waals surface area contributed by atoms with Crippen LogP contribution in [-0.4, -0.2) is 16.0 Å². The first kappa shape index (κ1) is 11.0. The molecule has 0 saturated carbocycles. The van der Waals surface area contributed by atoms with Crippen molar-refractivity contribution in [2.45, 2.75) is 12.8 Å². The summed E-state index contributed by atoms with van der Waals surface area (Å²) in [6.07, 6.45) is 0.168. The number of rotatable bonds is 4. The standard InChI is InChI=1S/C9H10N2O4/c10-7-3-6(1-2-9(12)13)4-8(5-7)11(14)15/h3-5H,1-2,10H2,(H,12,13). The molecule has 1 aromatic carbocycles. The van der Waals surface area contributed by atoms with Crippen LogP contribution >= 0.6 is 0 Å². The minimum atomic E-state index is -0.944. The number of aliphatic carboxylic acids is 1. The van der Waals surface area contributed by atoms with Crippen LogP contribution in [0.25, 0.3) is 0 Å². The van der Waals surface area contributed by atoms with Crippen molar-refractivity contribution in [1.29, 1.82) is 0 Å². The number of carboxylic acid groups (broad SMARTS) is 1. The van der Waals surface area contributed by atoms with Gasteiger partial charge in [-0.25, -0.2) is 0 Å². The summed E-state index contributed by atoms with van der Waals surface area (Å²) >= 11 is 0. The van der Waals surface area contributed by atoms with Crippen molar-refractivity contribution in [1.82, 2.24) is 0 Å². The van der Waals surface area contributed by atoms with Gasteiger partial charge in [0.1, 0.15) is 0 Å². The highest BCUT2D eigenvalue weighted by atomic mass is 16.6. The second-order valence-electron chi connectivity index (χ2n) is 3.08. The third kappa shape index (κ3) is 3.26. The van der Waals surface area contributed by atoms with E-state index in [4.69, 9.17) is 10.8 Å². The molecule has 1 rings (SSSR count). The molecule has 0 saturated heterocycles. The lowest BCUT2D eigenvalue weighted by Crippen LogP contribution is -1.99. The molecule has 6 heteroatoms. The lowest BCUT2D eigenvalue weighted by atomic mass is 10.1. The van der Waals surface area contributed by atoms with Gasteiger partial charge in [-0.1, -0.05) is 0 Å².